The highest BCUT2D eigenvalue weighted by Crippen LogP contribution is 2.40. The predicted octanol–water partition coefficient (Wildman–Crippen LogP) is 5.24. The Bertz CT molecular complexity index is 1470. The van der Waals surface area contributed by atoms with Crippen molar-refractivity contribution >= 4 is 34.8 Å². The number of carbonyl (C=O) groups is 1. The number of amides is 1. The lowest BCUT2D eigenvalue weighted by atomic mass is 10.0. The SMILES string of the molecule is COC1CCN(c2ccc(Nc3ncc4c(n3)CN(c3cnc5c(c3C)N(C(=O)OC(C)(C)C)CCO5)CC4)cc2)CC1. The summed E-state index contributed by atoms with van der Waals surface area (Å²) in [6.45, 7) is 11.8. The summed E-state index contributed by atoms with van der Waals surface area (Å²) in [7, 11) is 1.80. The molecule has 11 heteroatoms. The highest BCUT2D eigenvalue weighted by molar-refractivity contribution is 5.92. The highest BCUT2D eigenvalue weighted by atomic mass is 16.6. The van der Waals surface area contributed by atoms with Gasteiger partial charge in [-0.05, 0) is 76.8 Å². The van der Waals surface area contributed by atoms with E-state index in [0.29, 0.717) is 43.3 Å². The molecule has 1 saturated heterocycles. The van der Waals surface area contributed by atoms with Crippen molar-refractivity contribution in [3.63, 3.8) is 0 Å². The lowest BCUT2D eigenvalue weighted by Gasteiger charge is -2.35. The Labute approximate surface area is 253 Å². The molecule has 11 nitrogen and oxygen atoms in total. The molecule has 0 bridgehead atoms. The predicted molar refractivity (Wildman–Crippen MR) is 167 cm³/mol. The van der Waals surface area contributed by atoms with Crippen LogP contribution >= 0.6 is 0 Å². The molecule has 0 spiro atoms. The van der Waals surface area contributed by atoms with E-state index in [0.717, 1.165) is 67.1 Å². The molecule has 1 aromatic carbocycles. The van der Waals surface area contributed by atoms with Crippen LogP contribution in [0.2, 0.25) is 0 Å². The number of benzene rings is 1. The second-order valence-corrected chi connectivity index (χ2v) is 12.3. The molecule has 43 heavy (non-hydrogen) atoms. The van der Waals surface area contributed by atoms with Crippen molar-refractivity contribution in [1.29, 1.82) is 0 Å². The first-order valence-electron chi connectivity index (χ1n) is 15.1. The lowest BCUT2D eigenvalue weighted by Crippen LogP contribution is -2.42. The van der Waals surface area contributed by atoms with Crippen molar-refractivity contribution in [3.05, 3.63) is 53.5 Å². The molecule has 5 heterocycles. The van der Waals surface area contributed by atoms with Gasteiger partial charge in [-0.15, -0.1) is 0 Å². The number of aromatic nitrogens is 3. The minimum atomic E-state index is -0.597. The number of anilines is 5. The minimum absolute atomic E-state index is 0.364. The van der Waals surface area contributed by atoms with E-state index in [1.165, 1.54) is 5.69 Å². The molecule has 228 valence electrons. The minimum Gasteiger partial charge on any atom is -0.474 e. The average Bonchev–Trinajstić information content (AvgIpc) is 3.00. The van der Waals surface area contributed by atoms with E-state index in [4.69, 9.17) is 19.2 Å². The maximum atomic E-state index is 13.1. The molecule has 0 saturated carbocycles. The fraction of sp³-hybridized carbons (Fsp3) is 0.500. The van der Waals surface area contributed by atoms with Gasteiger partial charge in [0.05, 0.1) is 36.8 Å². The number of ether oxygens (including phenoxy) is 3. The second kappa shape index (κ2) is 11.9. The number of hydrogen-bond acceptors (Lipinski definition) is 10. The first kappa shape index (κ1) is 29.0. The van der Waals surface area contributed by atoms with Gasteiger partial charge in [-0.3, -0.25) is 4.90 Å². The van der Waals surface area contributed by atoms with Crippen LogP contribution in [0.3, 0.4) is 0 Å². The van der Waals surface area contributed by atoms with E-state index < -0.39 is 11.7 Å². The van der Waals surface area contributed by atoms with Gasteiger partial charge in [0.25, 0.3) is 0 Å². The molecular formula is C32H41N7O4. The summed E-state index contributed by atoms with van der Waals surface area (Å²) in [6, 6.07) is 8.44. The van der Waals surface area contributed by atoms with E-state index in [1.54, 1.807) is 12.0 Å². The zero-order chi connectivity index (χ0) is 30.1. The summed E-state index contributed by atoms with van der Waals surface area (Å²) in [5.41, 5.74) is 6.21. The molecule has 0 aliphatic carbocycles. The van der Waals surface area contributed by atoms with Gasteiger partial charge in [0.15, 0.2) is 0 Å². The number of fused-ring (bicyclic) bond motifs is 2. The van der Waals surface area contributed by atoms with Crippen molar-refractivity contribution < 1.29 is 19.0 Å². The summed E-state index contributed by atoms with van der Waals surface area (Å²) < 4.78 is 17.0. The third-order valence-electron chi connectivity index (χ3n) is 8.23. The summed E-state index contributed by atoms with van der Waals surface area (Å²) in [5, 5.41) is 3.38. The van der Waals surface area contributed by atoms with E-state index in [-0.39, 0.29) is 0 Å². The van der Waals surface area contributed by atoms with Gasteiger partial charge in [0.1, 0.15) is 17.9 Å². The van der Waals surface area contributed by atoms with E-state index in [1.807, 2.05) is 40.1 Å². The molecule has 2 aromatic heterocycles. The third-order valence-corrected chi connectivity index (χ3v) is 8.23. The van der Waals surface area contributed by atoms with Crippen LogP contribution in [0, 0.1) is 6.92 Å². The number of pyridine rings is 1. The molecule has 0 radical (unpaired) electrons. The summed E-state index contributed by atoms with van der Waals surface area (Å²) in [5.74, 6) is 1.02. The topological polar surface area (TPSA) is 105 Å². The van der Waals surface area contributed by atoms with Crippen molar-refractivity contribution in [2.45, 2.75) is 65.2 Å². The van der Waals surface area contributed by atoms with Crippen LogP contribution in [0.25, 0.3) is 0 Å². The summed E-state index contributed by atoms with van der Waals surface area (Å²) in [4.78, 5) is 33.5. The Morgan fingerprint density at radius 2 is 1.79 bits per heavy atom. The monoisotopic (exact) mass is 587 g/mol. The zero-order valence-corrected chi connectivity index (χ0v) is 25.7. The highest BCUT2D eigenvalue weighted by Gasteiger charge is 2.33. The Kier molecular flexibility index (Phi) is 8.00. The van der Waals surface area contributed by atoms with Gasteiger partial charge in [-0.1, -0.05) is 0 Å². The molecule has 1 amide bonds. The molecule has 1 N–H and O–H groups in total. The fourth-order valence-electron chi connectivity index (χ4n) is 5.95. The van der Waals surface area contributed by atoms with Crippen LogP contribution in [0.15, 0.2) is 36.7 Å². The van der Waals surface area contributed by atoms with E-state index >= 15 is 0 Å². The van der Waals surface area contributed by atoms with Gasteiger partial charge in [-0.2, -0.15) is 0 Å². The van der Waals surface area contributed by atoms with Crippen LogP contribution in [0.4, 0.5) is 33.5 Å². The number of rotatable bonds is 5. The van der Waals surface area contributed by atoms with Crippen molar-refractivity contribution in [3.8, 4) is 5.88 Å². The number of methoxy groups -OCH3 is 1. The van der Waals surface area contributed by atoms with Gasteiger partial charge in [-0.25, -0.2) is 19.7 Å². The number of nitrogens with zero attached hydrogens (tertiary/aromatic N) is 6. The Morgan fingerprint density at radius 3 is 2.51 bits per heavy atom. The summed E-state index contributed by atoms with van der Waals surface area (Å²) in [6.07, 6.45) is 6.63. The molecule has 3 aliphatic heterocycles. The Morgan fingerprint density at radius 1 is 1.02 bits per heavy atom. The standard InChI is InChI=1S/C32H41N7O4/c1-21-27(19-33-29-28(21)39(16-17-42-29)31(40)43-32(2,3)4)38-13-10-22-18-34-30(36-26(22)20-38)35-23-6-8-24(9-7-23)37-14-11-25(41-5)12-15-37/h6-9,18-19,25H,10-17,20H2,1-5H3,(H,34,35,36). The van der Waals surface area contributed by atoms with Crippen molar-refractivity contribution in [1.82, 2.24) is 15.0 Å². The largest absolute Gasteiger partial charge is 0.474 e. The normalized spacial score (nSPS) is 17.2. The number of nitrogens with one attached hydrogen (secondary N) is 1. The van der Waals surface area contributed by atoms with Crippen molar-refractivity contribution in [2.24, 2.45) is 0 Å². The number of hydrogen-bond donors (Lipinski definition) is 1. The first-order valence-corrected chi connectivity index (χ1v) is 15.1. The second-order valence-electron chi connectivity index (χ2n) is 12.3. The molecule has 3 aromatic rings. The van der Waals surface area contributed by atoms with Crippen molar-refractivity contribution in [2.75, 3.05) is 59.9 Å². The Hall–Kier alpha value is -4.12. The van der Waals surface area contributed by atoms with Gasteiger partial charge in [0.2, 0.25) is 11.8 Å². The summed E-state index contributed by atoms with van der Waals surface area (Å²) >= 11 is 0. The first-order chi connectivity index (χ1) is 20.7. The van der Waals surface area contributed by atoms with Crippen LogP contribution in [0.5, 0.6) is 5.88 Å². The maximum absolute atomic E-state index is 13.1. The molecule has 6 rings (SSSR count). The molecule has 3 aliphatic rings. The molecule has 0 atom stereocenters. The number of piperidine rings is 1. The van der Waals surface area contributed by atoms with E-state index in [2.05, 4.69) is 49.4 Å². The fourth-order valence-corrected chi connectivity index (χ4v) is 5.95. The lowest BCUT2D eigenvalue weighted by molar-refractivity contribution is 0.0566. The zero-order valence-electron chi connectivity index (χ0n) is 25.7. The van der Waals surface area contributed by atoms with Gasteiger partial charge >= 0.3 is 6.09 Å². The maximum Gasteiger partial charge on any atom is 0.415 e. The van der Waals surface area contributed by atoms with Crippen LogP contribution in [-0.4, -0.2) is 72.6 Å². The quantitative estimate of drug-likeness (QED) is 0.426. The average molecular weight is 588 g/mol. The molecule has 1 fully saturated rings. The third kappa shape index (κ3) is 6.31. The molecular weight excluding hydrogens is 546 g/mol. The molecule has 0 unspecified atom stereocenters. The Balaban J connectivity index is 1.16. The van der Waals surface area contributed by atoms with Crippen LogP contribution in [-0.2, 0) is 22.4 Å². The van der Waals surface area contributed by atoms with Gasteiger partial charge in [0, 0.05) is 49.9 Å². The van der Waals surface area contributed by atoms with Crippen LogP contribution in [0.1, 0.15) is 50.4 Å². The van der Waals surface area contributed by atoms with Gasteiger partial charge < -0.3 is 29.3 Å². The number of carbonyl (C=O) groups excluding carboxylic acids is 1. The van der Waals surface area contributed by atoms with Crippen LogP contribution < -0.4 is 24.8 Å². The smallest absolute Gasteiger partial charge is 0.415 e. The van der Waals surface area contributed by atoms with E-state index in [9.17, 15) is 4.79 Å².